The summed E-state index contributed by atoms with van der Waals surface area (Å²) in [6.07, 6.45) is 3.66. The van der Waals surface area contributed by atoms with Crippen molar-refractivity contribution in [2.75, 3.05) is 0 Å². The van der Waals surface area contributed by atoms with Crippen LogP contribution in [0.1, 0.15) is 16.1 Å². The molecular weight excluding hydrogens is 408 g/mol. The van der Waals surface area contributed by atoms with Crippen molar-refractivity contribution in [1.29, 1.82) is 0 Å². The maximum Gasteiger partial charge on any atom is 0.253 e. The number of carbonyl (C=O) groups excluding carboxylic acids is 1. The molecule has 0 radical (unpaired) electrons. The van der Waals surface area contributed by atoms with E-state index in [2.05, 4.69) is 26.2 Å². The number of amides is 1. The van der Waals surface area contributed by atoms with E-state index in [0.717, 1.165) is 16.2 Å². The molecule has 3 rings (SSSR count). The van der Waals surface area contributed by atoms with Gasteiger partial charge in [0, 0.05) is 16.9 Å². The quantitative estimate of drug-likeness (QED) is 0.640. The summed E-state index contributed by atoms with van der Waals surface area (Å²) in [4.78, 5) is 16.5. The van der Waals surface area contributed by atoms with Crippen molar-refractivity contribution in [3.8, 4) is 0 Å². The maximum absolute atomic E-state index is 13.5. The molecule has 2 heterocycles. The first kappa shape index (κ1) is 16.2. The molecule has 2 aromatic heterocycles. The standard InChI is InChI=1S/C15H9BrCl2FN3O/c16-8-1-2-14-21-9(7-22(14)6-8)5-20-15(23)10-3-13(19)12(18)4-11(10)17/h1-4,6-7H,5H2,(H,20,23). The molecule has 0 bridgehead atoms. The van der Waals surface area contributed by atoms with Crippen LogP contribution >= 0.6 is 39.1 Å². The predicted octanol–water partition coefficient (Wildman–Crippen LogP) is 4.47. The van der Waals surface area contributed by atoms with Gasteiger partial charge in [0.2, 0.25) is 0 Å². The van der Waals surface area contributed by atoms with Crippen molar-refractivity contribution in [2.45, 2.75) is 6.54 Å². The summed E-state index contributed by atoms with van der Waals surface area (Å²) >= 11 is 14.9. The van der Waals surface area contributed by atoms with Crippen LogP contribution in [0.4, 0.5) is 4.39 Å². The van der Waals surface area contributed by atoms with Crippen LogP contribution in [0.2, 0.25) is 10.0 Å². The van der Waals surface area contributed by atoms with Crippen LogP contribution in [0.25, 0.3) is 5.65 Å². The van der Waals surface area contributed by atoms with Crippen molar-refractivity contribution in [3.63, 3.8) is 0 Å². The number of nitrogens with zero attached hydrogens (tertiary/aromatic N) is 2. The monoisotopic (exact) mass is 415 g/mol. The van der Waals surface area contributed by atoms with Crippen LogP contribution in [0.15, 0.2) is 41.1 Å². The van der Waals surface area contributed by atoms with Gasteiger partial charge in [0.1, 0.15) is 11.5 Å². The molecular formula is C15H9BrCl2FN3O. The number of rotatable bonds is 3. The molecule has 1 aromatic carbocycles. The van der Waals surface area contributed by atoms with E-state index in [9.17, 15) is 9.18 Å². The van der Waals surface area contributed by atoms with E-state index < -0.39 is 11.7 Å². The lowest BCUT2D eigenvalue weighted by Crippen LogP contribution is -2.23. The highest BCUT2D eigenvalue weighted by Crippen LogP contribution is 2.24. The number of halogens is 4. The van der Waals surface area contributed by atoms with Crippen molar-refractivity contribution in [3.05, 3.63) is 68.3 Å². The number of fused-ring (bicyclic) bond motifs is 1. The molecule has 118 valence electrons. The van der Waals surface area contributed by atoms with Crippen molar-refractivity contribution >= 4 is 50.7 Å². The maximum atomic E-state index is 13.5. The van der Waals surface area contributed by atoms with Crippen LogP contribution < -0.4 is 5.32 Å². The second-order valence-electron chi connectivity index (χ2n) is 4.77. The lowest BCUT2D eigenvalue weighted by molar-refractivity contribution is 0.0950. The van der Waals surface area contributed by atoms with E-state index in [1.807, 2.05) is 22.7 Å². The van der Waals surface area contributed by atoms with Gasteiger partial charge in [0.05, 0.1) is 27.8 Å². The van der Waals surface area contributed by atoms with Gasteiger partial charge in [-0.1, -0.05) is 23.2 Å². The first-order valence-corrected chi connectivity index (χ1v) is 8.05. The Balaban J connectivity index is 1.76. The minimum atomic E-state index is -0.696. The molecule has 0 spiro atoms. The SMILES string of the molecule is O=C(NCc1cn2cc(Br)ccc2n1)c1cc(F)c(Cl)cc1Cl. The smallest absolute Gasteiger partial charge is 0.253 e. The zero-order valence-corrected chi connectivity index (χ0v) is 14.6. The number of benzene rings is 1. The molecule has 0 saturated carbocycles. The fourth-order valence-corrected chi connectivity index (χ4v) is 2.89. The van der Waals surface area contributed by atoms with Gasteiger partial charge in [0.15, 0.2) is 0 Å². The van der Waals surface area contributed by atoms with Crippen molar-refractivity contribution in [2.24, 2.45) is 0 Å². The molecule has 8 heteroatoms. The van der Waals surface area contributed by atoms with Gasteiger partial charge < -0.3 is 9.72 Å². The summed E-state index contributed by atoms with van der Waals surface area (Å²) in [7, 11) is 0. The van der Waals surface area contributed by atoms with Gasteiger partial charge in [-0.2, -0.15) is 0 Å². The first-order chi connectivity index (χ1) is 10.9. The predicted molar refractivity (Wildman–Crippen MR) is 90.5 cm³/mol. The summed E-state index contributed by atoms with van der Waals surface area (Å²) in [5, 5.41) is 2.62. The van der Waals surface area contributed by atoms with Crippen LogP contribution in [0.5, 0.6) is 0 Å². The Hall–Kier alpha value is -1.63. The molecule has 1 amide bonds. The average Bonchev–Trinajstić information content (AvgIpc) is 2.90. The number of imidazole rings is 1. The molecule has 0 aliphatic rings. The molecule has 0 fully saturated rings. The number of hydrogen-bond donors (Lipinski definition) is 1. The number of hydrogen-bond acceptors (Lipinski definition) is 2. The van der Waals surface area contributed by atoms with Crippen molar-refractivity contribution < 1.29 is 9.18 Å². The van der Waals surface area contributed by atoms with Gasteiger partial charge in [-0.15, -0.1) is 0 Å². The zero-order valence-electron chi connectivity index (χ0n) is 11.5. The molecule has 4 nitrogen and oxygen atoms in total. The highest BCUT2D eigenvalue weighted by Gasteiger charge is 2.14. The Bertz CT molecular complexity index is 913. The van der Waals surface area contributed by atoms with E-state index >= 15 is 0 Å². The number of carbonyl (C=O) groups is 1. The lowest BCUT2D eigenvalue weighted by Gasteiger charge is -2.06. The fourth-order valence-electron chi connectivity index (χ4n) is 2.07. The van der Waals surface area contributed by atoms with Crippen LogP contribution in [-0.4, -0.2) is 15.3 Å². The molecule has 0 saturated heterocycles. The van der Waals surface area contributed by atoms with Gasteiger partial charge in [0.25, 0.3) is 5.91 Å². The summed E-state index contributed by atoms with van der Waals surface area (Å²) in [5.74, 6) is -1.19. The topological polar surface area (TPSA) is 46.4 Å². The molecule has 0 aliphatic heterocycles. The Morgan fingerprint density at radius 1 is 1.26 bits per heavy atom. The second-order valence-corrected chi connectivity index (χ2v) is 6.50. The third kappa shape index (κ3) is 3.49. The number of nitrogens with one attached hydrogen (secondary N) is 1. The third-order valence-electron chi connectivity index (χ3n) is 3.15. The van der Waals surface area contributed by atoms with Gasteiger partial charge in [-0.25, -0.2) is 9.37 Å². The van der Waals surface area contributed by atoms with Crippen molar-refractivity contribution in [1.82, 2.24) is 14.7 Å². The highest BCUT2D eigenvalue weighted by atomic mass is 79.9. The summed E-state index contributed by atoms with van der Waals surface area (Å²) in [6, 6.07) is 5.94. The zero-order chi connectivity index (χ0) is 16.6. The van der Waals surface area contributed by atoms with Crippen LogP contribution in [-0.2, 0) is 6.54 Å². The lowest BCUT2D eigenvalue weighted by atomic mass is 10.2. The first-order valence-electron chi connectivity index (χ1n) is 6.50. The normalized spacial score (nSPS) is 11.0. The molecule has 0 atom stereocenters. The molecule has 0 aliphatic carbocycles. The average molecular weight is 417 g/mol. The van der Waals surface area contributed by atoms with E-state index in [1.165, 1.54) is 6.07 Å². The van der Waals surface area contributed by atoms with Crippen LogP contribution in [0, 0.1) is 5.82 Å². The van der Waals surface area contributed by atoms with E-state index in [-0.39, 0.29) is 22.2 Å². The number of pyridine rings is 1. The van der Waals surface area contributed by atoms with Gasteiger partial charge in [-0.3, -0.25) is 4.79 Å². The van der Waals surface area contributed by atoms with Gasteiger partial charge in [-0.05, 0) is 40.2 Å². The Morgan fingerprint density at radius 3 is 2.83 bits per heavy atom. The Morgan fingerprint density at radius 2 is 2.04 bits per heavy atom. The Kier molecular flexibility index (Phi) is 4.57. The second kappa shape index (κ2) is 6.47. The highest BCUT2D eigenvalue weighted by molar-refractivity contribution is 9.10. The summed E-state index contributed by atoms with van der Waals surface area (Å²) in [5.41, 5.74) is 1.45. The summed E-state index contributed by atoms with van der Waals surface area (Å²) < 4.78 is 16.2. The van der Waals surface area contributed by atoms with Crippen LogP contribution in [0.3, 0.4) is 0 Å². The van der Waals surface area contributed by atoms with E-state index in [0.29, 0.717) is 5.69 Å². The molecule has 23 heavy (non-hydrogen) atoms. The third-order valence-corrected chi connectivity index (χ3v) is 4.22. The molecule has 1 N–H and O–H groups in total. The molecule has 3 aromatic rings. The largest absolute Gasteiger partial charge is 0.346 e. The number of aromatic nitrogens is 2. The minimum Gasteiger partial charge on any atom is -0.346 e. The van der Waals surface area contributed by atoms with E-state index in [4.69, 9.17) is 23.2 Å². The van der Waals surface area contributed by atoms with E-state index in [1.54, 1.807) is 6.20 Å². The molecule has 0 unspecified atom stereocenters. The fraction of sp³-hybridized carbons (Fsp3) is 0.0667. The Labute approximate surface area is 149 Å². The summed E-state index contributed by atoms with van der Waals surface area (Å²) in [6.45, 7) is 0.193. The van der Waals surface area contributed by atoms with Gasteiger partial charge >= 0.3 is 0 Å². The minimum absolute atomic E-state index is 0.0278.